The van der Waals surface area contributed by atoms with Crippen LogP contribution in [0.1, 0.15) is 15.3 Å². The monoisotopic (exact) mass is 465 g/mol. The number of carbonyl (C=O) groups is 1. The fraction of sp³-hybridized carbons (Fsp3) is 0.269. The van der Waals surface area contributed by atoms with E-state index in [1.54, 1.807) is 23.5 Å². The first-order valence-electron chi connectivity index (χ1n) is 10.8. The smallest absolute Gasteiger partial charge is 0.309 e. The van der Waals surface area contributed by atoms with E-state index in [2.05, 4.69) is 25.1 Å². The van der Waals surface area contributed by atoms with E-state index in [0.717, 1.165) is 10.5 Å². The topological polar surface area (TPSA) is 59.0 Å². The molecule has 33 heavy (non-hydrogen) atoms. The van der Waals surface area contributed by atoms with Crippen LogP contribution in [0.15, 0.2) is 54.1 Å². The Kier molecular flexibility index (Phi) is 5.91. The second kappa shape index (κ2) is 9.00. The molecule has 0 saturated carbocycles. The number of hydrogen-bond acceptors (Lipinski definition) is 5. The van der Waals surface area contributed by atoms with Gasteiger partial charge in [-0.2, -0.15) is 0 Å². The van der Waals surface area contributed by atoms with Crippen molar-refractivity contribution in [1.82, 2.24) is 4.90 Å². The second-order valence-corrected chi connectivity index (χ2v) is 9.82. The lowest BCUT2D eigenvalue weighted by atomic mass is 9.98. The highest BCUT2D eigenvalue weighted by molar-refractivity contribution is 7.12. The van der Waals surface area contributed by atoms with Crippen LogP contribution in [0.2, 0.25) is 0 Å². The minimum absolute atomic E-state index is 0.310. The van der Waals surface area contributed by atoms with Crippen LogP contribution in [-0.2, 0) is 11.4 Å². The van der Waals surface area contributed by atoms with E-state index in [1.165, 1.54) is 22.1 Å². The van der Waals surface area contributed by atoms with Crippen LogP contribution in [0, 0.1) is 18.7 Å². The summed E-state index contributed by atoms with van der Waals surface area (Å²) in [7, 11) is 0. The zero-order valence-electron chi connectivity index (χ0n) is 18.2. The SMILES string of the molecule is Cc1sc(COc2cc(F)c3c(c2)OCC(CN2CC(C(=O)O)C2)=C3)cc1-c1ccccc1. The highest BCUT2D eigenvalue weighted by atomic mass is 32.1. The van der Waals surface area contributed by atoms with Gasteiger partial charge in [0.15, 0.2) is 0 Å². The van der Waals surface area contributed by atoms with Gasteiger partial charge in [-0.1, -0.05) is 30.3 Å². The predicted octanol–water partition coefficient (Wildman–Crippen LogP) is 5.23. The van der Waals surface area contributed by atoms with Crippen molar-refractivity contribution in [2.75, 3.05) is 26.2 Å². The number of aliphatic carboxylic acids is 1. The molecule has 2 aliphatic rings. The van der Waals surface area contributed by atoms with E-state index in [4.69, 9.17) is 14.6 Å². The Morgan fingerprint density at radius 2 is 2.03 bits per heavy atom. The number of hydrogen-bond donors (Lipinski definition) is 1. The van der Waals surface area contributed by atoms with Crippen LogP contribution in [0.4, 0.5) is 4.39 Å². The summed E-state index contributed by atoms with van der Waals surface area (Å²) >= 11 is 1.68. The summed E-state index contributed by atoms with van der Waals surface area (Å²) in [6.07, 6.45) is 1.81. The largest absolute Gasteiger partial charge is 0.488 e. The van der Waals surface area contributed by atoms with E-state index in [1.807, 2.05) is 23.1 Å². The molecule has 1 N–H and O–H groups in total. The van der Waals surface area contributed by atoms with Crippen LogP contribution in [0.3, 0.4) is 0 Å². The van der Waals surface area contributed by atoms with Crippen molar-refractivity contribution >= 4 is 23.4 Å². The van der Waals surface area contributed by atoms with Crippen LogP contribution >= 0.6 is 11.3 Å². The Morgan fingerprint density at radius 3 is 2.79 bits per heavy atom. The molecule has 1 fully saturated rings. The Bertz CT molecular complexity index is 1210. The molecule has 2 aliphatic heterocycles. The van der Waals surface area contributed by atoms with Gasteiger partial charge in [0.1, 0.15) is 30.5 Å². The first-order valence-corrected chi connectivity index (χ1v) is 11.7. The molecule has 0 spiro atoms. The van der Waals surface area contributed by atoms with Crippen LogP contribution in [0.25, 0.3) is 17.2 Å². The first-order chi connectivity index (χ1) is 16.0. The van der Waals surface area contributed by atoms with Gasteiger partial charge in [0.25, 0.3) is 0 Å². The average Bonchev–Trinajstić information content (AvgIpc) is 3.15. The standard InChI is InChI=1S/C26H24FNO4S/c1-16-22(18-5-3-2-4-6-18)10-21(33-16)15-31-20-8-24(27)23-7-17(14-32-25(23)9-20)11-28-12-19(13-28)26(29)30/h2-10,19H,11-15H2,1H3,(H,29,30). The molecule has 3 heterocycles. The van der Waals surface area contributed by atoms with E-state index >= 15 is 0 Å². The lowest BCUT2D eigenvalue weighted by Gasteiger charge is -2.37. The number of carboxylic acids is 1. The summed E-state index contributed by atoms with van der Waals surface area (Å²) in [4.78, 5) is 15.3. The molecule has 2 aromatic carbocycles. The maximum atomic E-state index is 14.8. The third-order valence-electron chi connectivity index (χ3n) is 5.99. The number of likely N-dealkylation sites (tertiary alicyclic amines) is 1. The normalized spacial score (nSPS) is 15.9. The summed E-state index contributed by atoms with van der Waals surface area (Å²) in [6, 6.07) is 15.5. The number of fused-ring (bicyclic) bond motifs is 1. The van der Waals surface area contributed by atoms with Crippen molar-refractivity contribution in [2.45, 2.75) is 13.5 Å². The molecule has 1 aromatic heterocycles. The quantitative estimate of drug-likeness (QED) is 0.518. The van der Waals surface area contributed by atoms with Gasteiger partial charge in [-0.3, -0.25) is 9.69 Å². The molecular formula is C26H24FNO4S. The van der Waals surface area contributed by atoms with Crippen molar-refractivity contribution < 1.29 is 23.8 Å². The summed E-state index contributed by atoms with van der Waals surface area (Å²) in [5, 5.41) is 9.01. The molecule has 0 radical (unpaired) electrons. The Morgan fingerprint density at radius 1 is 1.24 bits per heavy atom. The third kappa shape index (κ3) is 4.65. The average molecular weight is 466 g/mol. The summed E-state index contributed by atoms with van der Waals surface area (Å²) in [6.45, 7) is 4.43. The molecule has 0 atom stereocenters. The molecule has 1 saturated heterocycles. The molecule has 5 rings (SSSR count). The van der Waals surface area contributed by atoms with E-state index in [0.29, 0.717) is 49.9 Å². The van der Waals surface area contributed by atoms with Crippen LogP contribution < -0.4 is 9.47 Å². The van der Waals surface area contributed by atoms with Gasteiger partial charge in [0, 0.05) is 41.5 Å². The van der Waals surface area contributed by atoms with Crippen molar-refractivity contribution in [1.29, 1.82) is 0 Å². The molecule has 0 aliphatic carbocycles. The molecule has 0 bridgehead atoms. The Balaban J connectivity index is 1.24. The Hall–Kier alpha value is -3.16. The summed E-state index contributed by atoms with van der Waals surface area (Å²) in [5.74, 6) is -0.567. The highest BCUT2D eigenvalue weighted by Crippen LogP contribution is 2.35. The predicted molar refractivity (Wildman–Crippen MR) is 126 cm³/mol. The third-order valence-corrected chi connectivity index (χ3v) is 7.02. The number of rotatable bonds is 7. The fourth-order valence-electron chi connectivity index (χ4n) is 4.24. The highest BCUT2D eigenvalue weighted by Gasteiger charge is 2.33. The van der Waals surface area contributed by atoms with E-state index in [9.17, 15) is 9.18 Å². The minimum Gasteiger partial charge on any atom is -0.488 e. The number of thiophene rings is 1. The number of halogens is 1. The second-order valence-electron chi connectivity index (χ2n) is 8.47. The van der Waals surface area contributed by atoms with Crippen molar-refractivity contribution in [3.8, 4) is 22.6 Å². The first kappa shape index (κ1) is 21.7. The van der Waals surface area contributed by atoms with Crippen LogP contribution in [0.5, 0.6) is 11.5 Å². The van der Waals surface area contributed by atoms with Gasteiger partial charge in [-0.25, -0.2) is 4.39 Å². The maximum absolute atomic E-state index is 14.8. The zero-order chi connectivity index (χ0) is 22.9. The molecule has 0 amide bonds. The van der Waals surface area contributed by atoms with E-state index in [-0.39, 0.29) is 11.7 Å². The molecular weight excluding hydrogens is 441 g/mol. The van der Waals surface area contributed by atoms with E-state index < -0.39 is 5.97 Å². The van der Waals surface area contributed by atoms with Crippen LogP contribution in [-0.4, -0.2) is 42.2 Å². The van der Waals surface area contributed by atoms with Crippen molar-refractivity contribution in [3.05, 3.63) is 75.2 Å². The number of aryl methyl sites for hydroxylation is 1. The molecule has 0 unspecified atom stereocenters. The van der Waals surface area contributed by atoms with Gasteiger partial charge in [-0.05, 0) is 35.8 Å². The van der Waals surface area contributed by atoms with Gasteiger partial charge in [-0.15, -0.1) is 11.3 Å². The minimum atomic E-state index is -0.766. The van der Waals surface area contributed by atoms with Gasteiger partial charge < -0.3 is 14.6 Å². The number of ether oxygens (including phenoxy) is 2. The number of nitrogens with zero attached hydrogens (tertiary/aromatic N) is 1. The molecule has 170 valence electrons. The Labute approximate surface area is 195 Å². The number of carboxylic acid groups (broad SMARTS) is 1. The maximum Gasteiger partial charge on any atom is 0.309 e. The molecule has 3 aromatic rings. The lowest BCUT2D eigenvalue weighted by molar-refractivity contribution is -0.147. The summed E-state index contributed by atoms with van der Waals surface area (Å²) < 4.78 is 26.5. The molecule has 5 nitrogen and oxygen atoms in total. The zero-order valence-corrected chi connectivity index (χ0v) is 19.0. The summed E-state index contributed by atoms with van der Waals surface area (Å²) in [5.41, 5.74) is 3.71. The van der Waals surface area contributed by atoms with Crippen molar-refractivity contribution in [3.63, 3.8) is 0 Å². The van der Waals surface area contributed by atoms with Crippen molar-refractivity contribution in [2.24, 2.45) is 5.92 Å². The number of benzene rings is 2. The van der Waals surface area contributed by atoms with Gasteiger partial charge >= 0.3 is 5.97 Å². The van der Waals surface area contributed by atoms with Gasteiger partial charge in [0.05, 0.1) is 11.5 Å². The van der Waals surface area contributed by atoms with Gasteiger partial charge in [0.2, 0.25) is 0 Å². The fourth-order valence-corrected chi connectivity index (χ4v) is 5.21. The molecule has 7 heteroatoms. The lowest BCUT2D eigenvalue weighted by Crippen LogP contribution is -2.51.